The lowest BCUT2D eigenvalue weighted by molar-refractivity contribution is 0.0943. The van der Waals surface area contributed by atoms with E-state index in [0.717, 1.165) is 30.3 Å². The number of anilines is 2. The topological polar surface area (TPSA) is 65.4 Å². The SMILES string of the molecule is CC1=NN(C)CCN1c1ccc(N2C[C@H](CCC(=O)c3ccc(Cl)s3)OC2=O)cc1. The summed E-state index contributed by atoms with van der Waals surface area (Å²) in [5.74, 6) is 0.962. The van der Waals surface area contributed by atoms with E-state index in [2.05, 4.69) is 10.0 Å². The van der Waals surface area contributed by atoms with Gasteiger partial charge in [-0.1, -0.05) is 11.6 Å². The lowest BCUT2D eigenvalue weighted by Crippen LogP contribution is -2.41. The summed E-state index contributed by atoms with van der Waals surface area (Å²) in [5, 5.41) is 6.41. The van der Waals surface area contributed by atoms with Gasteiger partial charge in [0.05, 0.1) is 22.3 Å². The Balaban J connectivity index is 1.36. The molecule has 0 radical (unpaired) electrons. The van der Waals surface area contributed by atoms with E-state index in [1.54, 1.807) is 17.0 Å². The number of likely N-dealkylation sites (N-methyl/N-ethyl adjacent to an activating group) is 1. The summed E-state index contributed by atoms with van der Waals surface area (Å²) in [5.41, 5.74) is 1.82. The van der Waals surface area contributed by atoms with Gasteiger partial charge in [0.2, 0.25) is 0 Å². The molecule has 30 heavy (non-hydrogen) atoms. The largest absolute Gasteiger partial charge is 0.444 e. The molecule has 0 saturated carbocycles. The Bertz CT molecular complexity index is 975. The molecule has 1 atom stereocenters. The van der Waals surface area contributed by atoms with Crippen molar-refractivity contribution >= 4 is 52.0 Å². The van der Waals surface area contributed by atoms with Crippen molar-refractivity contribution in [2.24, 2.45) is 5.10 Å². The second-order valence-electron chi connectivity index (χ2n) is 7.38. The number of Topliss-reactive ketones (excluding diaryl/α,β-unsaturated/α-hetero) is 1. The molecule has 1 aromatic carbocycles. The molecule has 3 heterocycles. The van der Waals surface area contributed by atoms with Gasteiger partial charge in [0.25, 0.3) is 0 Å². The highest BCUT2D eigenvalue weighted by Crippen LogP contribution is 2.28. The minimum Gasteiger partial charge on any atom is -0.444 e. The van der Waals surface area contributed by atoms with Crippen LogP contribution >= 0.6 is 22.9 Å². The van der Waals surface area contributed by atoms with E-state index in [1.165, 1.54) is 11.3 Å². The molecule has 0 unspecified atom stereocenters. The molecule has 0 bridgehead atoms. The first kappa shape index (κ1) is 20.7. The smallest absolute Gasteiger partial charge is 0.414 e. The summed E-state index contributed by atoms with van der Waals surface area (Å²) < 4.78 is 6.07. The van der Waals surface area contributed by atoms with Crippen LogP contribution in [0.15, 0.2) is 41.5 Å². The molecular formula is C21H23ClN4O3S. The summed E-state index contributed by atoms with van der Waals surface area (Å²) >= 11 is 7.16. The van der Waals surface area contributed by atoms with Crippen LogP contribution in [0.25, 0.3) is 0 Å². The van der Waals surface area contributed by atoms with Gasteiger partial charge in [-0.3, -0.25) is 14.7 Å². The highest BCUT2D eigenvalue weighted by atomic mass is 35.5. The van der Waals surface area contributed by atoms with E-state index in [-0.39, 0.29) is 18.0 Å². The Morgan fingerprint density at radius 1 is 1.17 bits per heavy atom. The number of ketones is 1. The number of cyclic esters (lactones) is 1. The van der Waals surface area contributed by atoms with E-state index >= 15 is 0 Å². The standard InChI is InChI=1S/C21H23ClN4O3S/c1-14-23-24(2)11-12-25(14)15-3-5-16(6-4-15)26-13-17(29-21(26)28)7-8-18(27)19-9-10-20(22)30-19/h3-6,9-10,17H,7-8,11-13H2,1-2H3/t17-/m0/s1. The fraction of sp³-hybridized carbons (Fsp3) is 0.381. The summed E-state index contributed by atoms with van der Waals surface area (Å²) in [6.45, 7) is 4.14. The quantitative estimate of drug-likeness (QED) is 0.612. The molecule has 0 N–H and O–H groups in total. The van der Waals surface area contributed by atoms with Crippen molar-refractivity contribution in [1.29, 1.82) is 0 Å². The Hall–Kier alpha value is -2.58. The van der Waals surface area contributed by atoms with E-state index in [4.69, 9.17) is 16.3 Å². The molecule has 4 rings (SSSR count). The first-order valence-electron chi connectivity index (χ1n) is 9.81. The molecule has 1 aromatic heterocycles. The number of carbonyl (C=O) groups excluding carboxylic acids is 2. The third-order valence-electron chi connectivity index (χ3n) is 5.24. The highest BCUT2D eigenvalue weighted by molar-refractivity contribution is 7.18. The minimum absolute atomic E-state index is 0.0231. The van der Waals surface area contributed by atoms with Gasteiger partial charge in [0.15, 0.2) is 5.78 Å². The van der Waals surface area contributed by atoms with Crippen molar-refractivity contribution in [2.75, 3.05) is 36.5 Å². The number of amides is 1. The fourth-order valence-corrected chi connectivity index (χ4v) is 4.66. The van der Waals surface area contributed by atoms with Crippen molar-refractivity contribution in [3.8, 4) is 0 Å². The van der Waals surface area contributed by atoms with Crippen LogP contribution in [0.4, 0.5) is 16.2 Å². The maximum atomic E-state index is 12.3. The number of nitrogens with zero attached hydrogens (tertiary/aromatic N) is 4. The zero-order valence-corrected chi connectivity index (χ0v) is 18.4. The van der Waals surface area contributed by atoms with E-state index < -0.39 is 0 Å². The second-order valence-corrected chi connectivity index (χ2v) is 9.09. The molecule has 1 saturated heterocycles. The summed E-state index contributed by atoms with van der Waals surface area (Å²) in [6.07, 6.45) is 0.134. The second kappa shape index (κ2) is 8.65. The lowest BCUT2D eigenvalue weighted by atomic mass is 10.1. The maximum absolute atomic E-state index is 12.3. The molecule has 2 aromatic rings. The number of thiophene rings is 1. The van der Waals surface area contributed by atoms with Crippen LogP contribution in [0.1, 0.15) is 29.4 Å². The van der Waals surface area contributed by atoms with Crippen molar-refractivity contribution in [3.05, 3.63) is 45.6 Å². The van der Waals surface area contributed by atoms with Gasteiger partial charge in [-0.15, -0.1) is 11.3 Å². The van der Waals surface area contributed by atoms with Gasteiger partial charge in [-0.05, 0) is 49.7 Å². The molecule has 158 valence electrons. The zero-order valence-electron chi connectivity index (χ0n) is 16.9. The predicted molar refractivity (Wildman–Crippen MR) is 120 cm³/mol. The van der Waals surface area contributed by atoms with Gasteiger partial charge >= 0.3 is 6.09 Å². The van der Waals surface area contributed by atoms with Gasteiger partial charge in [-0.2, -0.15) is 5.10 Å². The third kappa shape index (κ3) is 4.44. The van der Waals surface area contributed by atoms with E-state index in [1.807, 2.05) is 43.2 Å². The first-order chi connectivity index (χ1) is 14.4. The summed E-state index contributed by atoms with van der Waals surface area (Å²) in [4.78, 5) is 29.0. The van der Waals surface area contributed by atoms with Crippen LogP contribution < -0.4 is 9.80 Å². The Kier molecular flexibility index (Phi) is 5.97. The van der Waals surface area contributed by atoms with Crippen LogP contribution in [0.2, 0.25) is 4.34 Å². The first-order valence-corrected chi connectivity index (χ1v) is 11.0. The van der Waals surface area contributed by atoms with Gasteiger partial charge in [0, 0.05) is 31.4 Å². The monoisotopic (exact) mass is 446 g/mol. The third-order valence-corrected chi connectivity index (χ3v) is 6.51. The average Bonchev–Trinajstić information content (AvgIpc) is 3.32. The van der Waals surface area contributed by atoms with Crippen LogP contribution in [-0.2, 0) is 4.74 Å². The molecule has 0 aliphatic carbocycles. The Labute approximate surface area is 184 Å². The zero-order chi connectivity index (χ0) is 21.3. The van der Waals surface area contributed by atoms with Gasteiger partial charge in [0.1, 0.15) is 11.9 Å². The molecule has 2 aliphatic heterocycles. The number of amidine groups is 1. The fourth-order valence-electron chi connectivity index (χ4n) is 3.65. The van der Waals surface area contributed by atoms with Gasteiger partial charge in [-0.25, -0.2) is 4.79 Å². The molecule has 2 aliphatic rings. The van der Waals surface area contributed by atoms with Crippen LogP contribution in [0.3, 0.4) is 0 Å². The number of hydrazone groups is 1. The van der Waals surface area contributed by atoms with E-state index in [9.17, 15) is 9.59 Å². The average molecular weight is 447 g/mol. The molecule has 7 nitrogen and oxygen atoms in total. The van der Waals surface area contributed by atoms with E-state index in [0.29, 0.717) is 28.6 Å². The Morgan fingerprint density at radius 3 is 2.50 bits per heavy atom. The minimum atomic E-state index is -0.378. The molecule has 0 spiro atoms. The molecule has 9 heteroatoms. The van der Waals surface area contributed by atoms with Crippen LogP contribution in [0.5, 0.6) is 0 Å². The number of rotatable bonds is 6. The molecule has 1 amide bonds. The summed E-state index contributed by atoms with van der Waals surface area (Å²) in [7, 11) is 1.96. The number of halogens is 1. The number of carbonyl (C=O) groups is 2. The Morgan fingerprint density at radius 2 is 1.87 bits per heavy atom. The van der Waals surface area contributed by atoms with Crippen molar-refractivity contribution in [2.45, 2.75) is 25.9 Å². The predicted octanol–water partition coefficient (Wildman–Crippen LogP) is 4.48. The molecule has 1 fully saturated rings. The number of ether oxygens (including phenoxy) is 1. The van der Waals surface area contributed by atoms with Crippen molar-refractivity contribution < 1.29 is 14.3 Å². The lowest BCUT2D eigenvalue weighted by Gasteiger charge is -2.32. The number of benzene rings is 1. The van der Waals surface area contributed by atoms with Crippen LogP contribution in [0, 0.1) is 0 Å². The maximum Gasteiger partial charge on any atom is 0.414 e. The van der Waals surface area contributed by atoms with Crippen molar-refractivity contribution in [3.63, 3.8) is 0 Å². The van der Waals surface area contributed by atoms with Crippen molar-refractivity contribution in [1.82, 2.24) is 5.01 Å². The van der Waals surface area contributed by atoms with Crippen LogP contribution in [-0.4, -0.2) is 55.5 Å². The summed E-state index contributed by atoms with van der Waals surface area (Å²) in [6, 6.07) is 11.3. The highest BCUT2D eigenvalue weighted by Gasteiger charge is 2.32. The van der Waals surface area contributed by atoms with Gasteiger partial charge < -0.3 is 9.64 Å². The molecular weight excluding hydrogens is 424 g/mol. The normalized spacial score (nSPS) is 19.2. The number of hydrogen-bond acceptors (Lipinski definition) is 7. The number of hydrogen-bond donors (Lipinski definition) is 0.